The number of aryl methyl sites for hydroxylation is 1. The number of amides is 2. The van der Waals surface area contributed by atoms with Gasteiger partial charge in [0.1, 0.15) is 5.82 Å². The van der Waals surface area contributed by atoms with Crippen molar-refractivity contribution in [3.05, 3.63) is 80.8 Å². The quantitative estimate of drug-likeness (QED) is 0.632. The Bertz CT molecular complexity index is 974. The van der Waals surface area contributed by atoms with Gasteiger partial charge in [-0.2, -0.15) is 0 Å². The highest BCUT2D eigenvalue weighted by Gasteiger charge is 2.13. The van der Waals surface area contributed by atoms with Crippen LogP contribution in [0.3, 0.4) is 0 Å². The molecule has 7 heteroatoms. The second-order valence-electron chi connectivity index (χ2n) is 5.54. The number of nitrogens with one attached hydrogen (secondary N) is 2. The van der Waals surface area contributed by atoms with Gasteiger partial charge in [0.05, 0.1) is 15.6 Å². The molecule has 3 rings (SSSR count). The number of thiophene rings is 1. The Balaban J connectivity index is 1.78. The van der Waals surface area contributed by atoms with Gasteiger partial charge in [-0.05, 0) is 54.3 Å². The van der Waals surface area contributed by atoms with Gasteiger partial charge in [0.2, 0.25) is 0 Å². The molecule has 0 spiro atoms. The number of carbonyl (C=O) groups is 2. The van der Waals surface area contributed by atoms with E-state index in [0.717, 1.165) is 0 Å². The Kier molecular flexibility index (Phi) is 5.35. The molecule has 2 N–H and O–H groups in total. The van der Waals surface area contributed by atoms with E-state index in [1.165, 1.54) is 35.6 Å². The Labute approximate surface area is 158 Å². The van der Waals surface area contributed by atoms with Crippen molar-refractivity contribution in [3.8, 4) is 0 Å². The lowest BCUT2D eigenvalue weighted by Crippen LogP contribution is -2.14. The fourth-order valence-corrected chi connectivity index (χ4v) is 3.01. The number of halogens is 2. The average Bonchev–Trinajstić information content (AvgIpc) is 3.15. The maximum Gasteiger partial charge on any atom is 0.265 e. The van der Waals surface area contributed by atoms with Crippen LogP contribution in [0.5, 0.6) is 0 Å². The van der Waals surface area contributed by atoms with Gasteiger partial charge in [0.25, 0.3) is 11.8 Å². The fourth-order valence-electron chi connectivity index (χ4n) is 2.23. The summed E-state index contributed by atoms with van der Waals surface area (Å²) in [6.45, 7) is 1.64. The van der Waals surface area contributed by atoms with Gasteiger partial charge in [0, 0.05) is 11.3 Å². The van der Waals surface area contributed by atoms with E-state index >= 15 is 0 Å². The van der Waals surface area contributed by atoms with Crippen LogP contribution in [-0.2, 0) is 0 Å². The zero-order chi connectivity index (χ0) is 18.7. The smallest absolute Gasteiger partial charge is 0.265 e. The van der Waals surface area contributed by atoms with Gasteiger partial charge in [-0.1, -0.05) is 23.7 Å². The summed E-state index contributed by atoms with van der Waals surface area (Å²) in [4.78, 5) is 25.1. The minimum absolute atomic E-state index is 0.289. The van der Waals surface area contributed by atoms with Crippen LogP contribution in [0, 0.1) is 12.7 Å². The van der Waals surface area contributed by atoms with E-state index in [4.69, 9.17) is 11.6 Å². The Morgan fingerprint density at radius 1 is 1.04 bits per heavy atom. The van der Waals surface area contributed by atoms with Crippen LogP contribution in [0.4, 0.5) is 15.8 Å². The zero-order valence-electron chi connectivity index (χ0n) is 13.7. The lowest BCUT2D eigenvalue weighted by Gasteiger charge is -2.10. The van der Waals surface area contributed by atoms with Crippen molar-refractivity contribution in [3.63, 3.8) is 0 Å². The van der Waals surface area contributed by atoms with Gasteiger partial charge in [-0.3, -0.25) is 9.59 Å². The van der Waals surface area contributed by atoms with Gasteiger partial charge >= 0.3 is 0 Å². The molecular formula is C19H14ClFN2O2S. The highest BCUT2D eigenvalue weighted by molar-refractivity contribution is 7.12. The third kappa shape index (κ3) is 4.09. The van der Waals surface area contributed by atoms with E-state index in [1.54, 1.807) is 36.6 Å². The van der Waals surface area contributed by atoms with Crippen molar-refractivity contribution in [2.45, 2.75) is 6.92 Å². The molecule has 0 fully saturated rings. The predicted molar refractivity (Wildman–Crippen MR) is 103 cm³/mol. The molecule has 0 saturated heterocycles. The maximum absolute atomic E-state index is 13.6. The van der Waals surface area contributed by atoms with Crippen molar-refractivity contribution in [2.24, 2.45) is 0 Å². The molecule has 0 aliphatic rings. The minimum Gasteiger partial charge on any atom is -0.322 e. The molecule has 1 heterocycles. The summed E-state index contributed by atoms with van der Waals surface area (Å²) in [7, 11) is 0. The molecule has 0 aliphatic heterocycles. The van der Waals surface area contributed by atoms with Crippen LogP contribution in [0.1, 0.15) is 25.6 Å². The molecule has 0 atom stereocenters. The second-order valence-corrected chi connectivity index (χ2v) is 6.90. The van der Waals surface area contributed by atoms with Crippen LogP contribution in [0.2, 0.25) is 5.02 Å². The number of anilines is 2. The molecule has 1 aromatic heterocycles. The lowest BCUT2D eigenvalue weighted by molar-refractivity contribution is 0.101. The average molecular weight is 389 g/mol. The van der Waals surface area contributed by atoms with Crippen LogP contribution < -0.4 is 10.6 Å². The molecule has 0 radical (unpaired) electrons. The molecular weight excluding hydrogens is 375 g/mol. The first-order chi connectivity index (χ1) is 12.4. The zero-order valence-corrected chi connectivity index (χ0v) is 15.2. The monoisotopic (exact) mass is 388 g/mol. The topological polar surface area (TPSA) is 58.2 Å². The fraction of sp³-hybridized carbons (Fsp3) is 0.0526. The Hall–Kier alpha value is -2.70. The first-order valence-electron chi connectivity index (χ1n) is 7.66. The van der Waals surface area contributed by atoms with Crippen molar-refractivity contribution in [1.29, 1.82) is 0 Å². The summed E-state index contributed by atoms with van der Waals surface area (Å²) in [5.74, 6) is -1.14. The van der Waals surface area contributed by atoms with Crippen molar-refractivity contribution in [2.75, 3.05) is 10.6 Å². The van der Waals surface area contributed by atoms with E-state index in [0.29, 0.717) is 26.8 Å². The molecule has 0 unspecified atom stereocenters. The third-order valence-corrected chi connectivity index (χ3v) is 4.85. The molecule has 2 aromatic carbocycles. The number of carbonyl (C=O) groups excluding carboxylic acids is 2. The molecule has 0 saturated carbocycles. The van der Waals surface area contributed by atoms with E-state index in [1.807, 2.05) is 0 Å². The molecule has 132 valence electrons. The third-order valence-electron chi connectivity index (χ3n) is 3.65. The molecule has 26 heavy (non-hydrogen) atoms. The van der Waals surface area contributed by atoms with Crippen molar-refractivity contribution < 1.29 is 14.0 Å². The van der Waals surface area contributed by atoms with Crippen LogP contribution in [0.25, 0.3) is 0 Å². The van der Waals surface area contributed by atoms with E-state index in [-0.39, 0.29) is 11.5 Å². The predicted octanol–water partition coefficient (Wildman–Crippen LogP) is 5.35. The first-order valence-corrected chi connectivity index (χ1v) is 8.92. The molecule has 0 bridgehead atoms. The standard InChI is InChI=1S/C19H14ClFN2O2S/c1-11-4-6-13(10-15(11)21)22-18(24)12-5-7-14(20)16(9-12)23-19(25)17-3-2-8-26-17/h2-10H,1H3,(H,22,24)(H,23,25). The number of benzene rings is 2. The molecule has 2 amide bonds. The Morgan fingerprint density at radius 3 is 2.54 bits per heavy atom. The molecule has 3 aromatic rings. The molecule has 0 aliphatic carbocycles. The van der Waals surface area contributed by atoms with Crippen molar-refractivity contribution in [1.82, 2.24) is 0 Å². The van der Waals surface area contributed by atoms with E-state index in [9.17, 15) is 14.0 Å². The Morgan fingerprint density at radius 2 is 1.85 bits per heavy atom. The largest absolute Gasteiger partial charge is 0.322 e. The van der Waals surface area contributed by atoms with E-state index < -0.39 is 11.7 Å². The minimum atomic E-state index is -0.434. The SMILES string of the molecule is Cc1ccc(NC(=O)c2ccc(Cl)c(NC(=O)c3cccs3)c2)cc1F. The summed E-state index contributed by atoms with van der Waals surface area (Å²) in [5.41, 5.74) is 1.45. The van der Waals surface area contributed by atoms with E-state index in [2.05, 4.69) is 10.6 Å². The first kappa shape index (κ1) is 18.1. The summed E-state index contributed by atoms with van der Waals surface area (Å²) in [6, 6.07) is 12.4. The van der Waals surface area contributed by atoms with Crippen LogP contribution in [0.15, 0.2) is 53.9 Å². The van der Waals surface area contributed by atoms with Gasteiger partial charge in [-0.25, -0.2) is 4.39 Å². The highest BCUT2D eigenvalue weighted by atomic mass is 35.5. The highest BCUT2D eigenvalue weighted by Crippen LogP contribution is 2.25. The number of hydrogen-bond donors (Lipinski definition) is 2. The van der Waals surface area contributed by atoms with Gasteiger partial charge in [-0.15, -0.1) is 11.3 Å². The van der Waals surface area contributed by atoms with Crippen LogP contribution in [-0.4, -0.2) is 11.8 Å². The summed E-state index contributed by atoms with van der Waals surface area (Å²) in [5, 5.41) is 7.41. The summed E-state index contributed by atoms with van der Waals surface area (Å²) >= 11 is 7.41. The lowest BCUT2D eigenvalue weighted by atomic mass is 10.1. The van der Waals surface area contributed by atoms with Crippen LogP contribution >= 0.6 is 22.9 Å². The normalized spacial score (nSPS) is 10.4. The van der Waals surface area contributed by atoms with Crippen molar-refractivity contribution >= 4 is 46.1 Å². The van der Waals surface area contributed by atoms with Gasteiger partial charge < -0.3 is 10.6 Å². The maximum atomic E-state index is 13.6. The summed E-state index contributed by atoms with van der Waals surface area (Å²) < 4.78 is 13.6. The second kappa shape index (κ2) is 7.68. The number of hydrogen-bond acceptors (Lipinski definition) is 3. The van der Waals surface area contributed by atoms with Gasteiger partial charge in [0.15, 0.2) is 0 Å². The molecule has 4 nitrogen and oxygen atoms in total. The summed E-state index contributed by atoms with van der Waals surface area (Å²) in [6.07, 6.45) is 0. The number of rotatable bonds is 4.